The van der Waals surface area contributed by atoms with Crippen LogP contribution in [0, 0.1) is 5.92 Å². The van der Waals surface area contributed by atoms with E-state index in [2.05, 4.69) is 57.7 Å². The smallest absolute Gasteiger partial charge is 0.225 e. The molecule has 32 heavy (non-hydrogen) atoms. The normalized spacial score (nSPS) is 19.6. The molecule has 0 radical (unpaired) electrons. The van der Waals surface area contributed by atoms with E-state index >= 15 is 0 Å². The van der Waals surface area contributed by atoms with Gasteiger partial charge in [0.25, 0.3) is 0 Å². The Morgan fingerprint density at radius 2 is 1.91 bits per heavy atom. The number of nitrogens with zero attached hydrogens (tertiary/aromatic N) is 5. The number of hydrogen-bond acceptors (Lipinski definition) is 8. The lowest BCUT2D eigenvalue weighted by Crippen LogP contribution is -2.40. The van der Waals surface area contributed by atoms with Crippen molar-refractivity contribution in [2.45, 2.75) is 41.5 Å². The van der Waals surface area contributed by atoms with Gasteiger partial charge in [0.1, 0.15) is 0 Å². The predicted octanol–water partition coefficient (Wildman–Crippen LogP) is 4.97. The Bertz CT molecular complexity index is 1030. The third-order valence-electron chi connectivity index (χ3n) is 5.95. The molecular formula is C22H25ClN6OS2. The van der Waals surface area contributed by atoms with Gasteiger partial charge in [-0.3, -0.25) is 5.43 Å². The molecule has 168 valence electrons. The second-order valence-corrected chi connectivity index (χ2v) is 10.3. The fraction of sp³-hybridized carbons (Fsp3) is 0.409. The number of hydrogen-bond donors (Lipinski definition) is 1. The summed E-state index contributed by atoms with van der Waals surface area (Å²) in [6.45, 7) is 4.01. The maximum Gasteiger partial charge on any atom is 0.225 e. The average molecular weight is 489 g/mol. The highest BCUT2D eigenvalue weighted by Crippen LogP contribution is 2.34. The second-order valence-electron chi connectivity index (χ2n) is 7.95. The summed E-state index contributed by atoms with van der Waals surface area (Å²) in [5, 5.41) is 1.49. The Balaban J connectivity index is 1.13. The van der Waals surface area contributed by atoms with Crippen LogP contribution in [-0.4, -0.2) is 50.6 Å². The topological polar surface area (TPSA) is 68.1 Å². The standard InChI is InChI=1S/C22H25ClN6OS2/c1-14(15-7-9-28(10-8-15)20-24-11-17(23)12-25-20)30-22-27-29-13-19(26-21(29)32-22)16-3-5-18(31-2)6-4-16/h3-6,11-15,22,27H,7-10H2,1-2H3. The fourth-order valence-corrected chi connectivity index (χ4v) is 5.54. The highest BCUT2D eigenvalue weighted by Gasteiger charge is 2.31. The molecule has 0 bridgehead atoms. The summed E-state index contributed by atoms with van der Waals surface area (Å²) >= 11 is 9.26. The number of imidazole rings is 1. The first-order chi connectivity index (χ1) is 15.6. The van der Waals surface area contributed by atoms with Crippen molar-refractivity contribution in [3.8, 4) is 11.3 Å². The lowest BCUT2D eigenvalue weighted by atomic mass is 9.92. The molecule has 0 amide bonds. The third kappa shape index (κ3) is 4.71. The Kier molecular flexibility index (Phi) is 6.50. The fourth-order valence-electron chi connectivity index (χ4n) is 4.08. The molecule has 2 aromatic heterocycles. The summed E-state index contributed by atoms with van der Waals surface area (Å²) in [6, 6.07) is 8.49. The van der Waals surface area contributed by atoms with E-state index in [0.717, 1.165) is 48.3 Å². The predicted molar refractivity (Wildman–Crippen MR) is 131 cm³/mol. The highest BCUT2D eigenvalue weighted by atomic mass is 35.5. The highest BCUT2D eigenvalue weighted by molar-refractivity contribution is 8.00. The zero-order chi connectivity index (χ0) is 22.1. The summed E-state index contributed by atoms with van der Waals surface area (Å²) in [5.74, 6) is 1.25. The average Bonchev–Trinajstić information content (AvgIpc) is 3.38. The van der Waals surface area contributed by atoms with E-state index in [9.17, 15) is 0 Å². The maximum absolute atomic E-state index is 6.35. The Morgan fingerprint density at radius 1 is 1.19 bits per heavy atom. The van der Waals surface area contributed by atoms with E-state index in [1.54, 1.807) is 35.9 Å². The zero-order valence-corrected chi connectivity index (χ0v) is 20.3. The number of piperidine rings is 1. The number of thioether (sulfide) groups is 2. The molecule has 5 rings (SSSR count). The number of benzene rings is 1. The molecule has 4 heterocycles. The molecule has 0 aliphatic carbocycles. The van der Waals surface area contributed by atoms with Crippen LogP contribution in [0.2, 0.25) is 5.02 Å². The molecule has 0 spiro atoms. The van der Waals surface area contributed by atoms with Crippen molar-refractivity contribution in [3.63, 3.8) is 0 Å². The van der Waals surface area contributed by atoms with Gasteiger partial charge in [0.05, 0.1) is 35.4 Å². The minimum atomic E-state index is -0.127. The Labute approximate surface area is 201 Å². The van der Waals surface area contributed by atoms with E-state index < -0.39 is 0 Å². The van der Waals surface area contributed by atoms with Crippen LogP contribution in [0.15, 0.2) is 52.9 Å². The molecule has 1 fully saturated rings. The molecule has 0 saturated carbocycles. The first-order valence-corrected chi connectivity index (χ1v) is 13.1. The minimum absolute atomic E-state index is 0.127. The molecule has 2 atom stereocenters. The van der Waals surface area contributed by atoms with Crippen LogP contribution in [0.3, 0.4) is 0 Å². The van der Waals surface area contributed by atoms with Gasteiger partial charge in [-0.1, -0.05) is 23.7 Å². The number of fused-ring (bicyclic) bond motifs is 1. The van der Waals surface area contributed by atoms with Gasteiger partial charge in [-0.15, -0.1) is 11.8 Å². The number of anilines is 1. The van der Waals surface area contributed by atoms with Crippen LogP contribution in [0.25, 0.3) is 11.3 Å². The molecule has 2 unspecified atom stereocenters. The van der Waals surface area contributed by atoms with Crippen molar-refractivity contribution in [3.05, 3.63) is 47.9 Å². The summed E-state index contributed by atoms with van der Waals surface area (Å²) in [5.41, 5.74) is 5.37. The third-order valence-corrected chi connectivity index (χ3v) is 7.82. The molecule has 1 N–H and O–H groups in total. The summed E-state index contributed by atoms with van der Waals surface area (Å²) in [6.07, 6.45) is 9.67. The Hall–Kier alpha value is -1.94. The second kappa shape index (κ2) is 9.51. The van der Waals surface area contributed by atoms with E-state index in [1.165, 1.54) is 4.90 Å². The summed E-state index contributed by atoms with van der Waals surface area (Å²) in [7, 11) is 0. The molecule has 1 saturated heterocycles. The van der Waals surface area contributed by atoms with Crippen LogP contribution in [0.1, 0.15) is 19.8 Å². The molecule has 10 heteroatoms. The monoisotopic (exact) mass is 488 g/mol. The molecule has 1 aromatic carbocycles. The van der Waals surface area contributed by atoms with E-state index in [4.69, 9.17) is 21.3 Å². The van der Waals surface area contributed by atoms with Crippen molar-refractivity contribution in [2.75, 3.05) is 29.7 Å². The quantitative estimate of drug-likeness (QED) is 0.488. The van der Waals surface area contributed by atoms with E-state index in [-0.39, 0.29) is 11.7 Å². The molecule has 2 aliphatic rings. The molecule has 3 aromatic rings. The van der Waals surface area contributed by atoms with E-state index in [0.29, 0.717) is 10.9 Å². The first-order valence-electron chi connectivity index (χ1n) is 10.6. The van der Waals surface area contributed by atoms with Crippen molar-refractivity contribution in [1.29, 1.82) is 0 Å². The van der Waals surface area contributed by atoms with Crippen molar-refractivity contribution >= 4 is 41.1 Å². The lowest BCUT2D eigenvalue weighted by molar-refractivity contribution is 0.00962. The number of rotatable bonds is 6. The van der Waals surface area contributed by atoms with Crippen LogP contribution in [0.4, 0.5) is 5.95 Å². The van der Waals surface area contributed by atoms with Crippen LogP contribution in [0.5, 0.6) is 0 Å². The molecular weight excluding hydrogens is 464 g/mol. The van der Waals surface area contributed by atoms with Gasteiger partial charge in [-0.2, -0.15) is 0 Å². The van der Waals surface area contributed by atoms with Gasteiger partial charge >= 0.3 is 0 Å². The number of halogens is 1. The van der Waals surface area contributed by atoms with Gasteiger partial charge in [0.2, 0.25) is 5.95 Å². The lowest BCUT2D eigenvalue weighted by Gasteiger charge is -2.35. The number of aromatic nitrogens is 4. The van der Waals surface area contributed by atoms with Gasteiger partial charge in [-0.05, 0) is 55.8 Å². The van der Waals surface area contributed by atoms with Crippen molar-refractivity contribution < 1.29 is 4.74 Å². The molecule has 7 nitrogen and oxygen atoms in total. The van der Waals surface area contributed by atoms with Gasteiger partial charge in [-0.25, -0.2) is 19.6 Å². The zero-order valence-electron chi connectivity index (χ0n) is 17.9. The van der Waals surface area contributed by atoms with Crippen LogP contribution < -0.4 is 10.3 Å². The number of ether oxygens (including phenoxy) is 1. The summed E-state index contributed by atoms with van der Waals surface area (Å²) in [4.78, 5) is 16.9. The first kappa shape index (κ1) is 21.9. The van der Waals surface area contributed by atoms with Gasteiger partial charge in [0, 0.05) is 23.5 Å². The van der Waals surface area contributed by atoms with Crippen molar-refractivity contribution in [1.82, 2.24) is 19.6 Å². The van der Waals surface area contributed by atoms with Crippen LogP contribution >= 0.6 is 35.1 Å². The van der Waals surface area contributed by atoms with Crippen LogP contribution in [-0.2, 0) is 4.74 Å². The number of nitrogens with one attached hydrogen (secondary N) is 1. The molecule has 2 aliphatic heterocycles. The summed E-state index contributed by atoms with van der Waals surface area (Å²) < 4.78 is 8.32. The SMILES string of the molecule is CSc1ccc(-c2cn3c(n2)SC(OC(C)C2CCN(c4ncc(Cl)cn4)CC2)N3)cc1. The van der Waals surface area contributed by atoms with Gasteiger partial charge < -0.3 is 9.64 Å². The Morgan fingerprint density at radius 3 is 2.56 bits per heavy atom. The van der Waals surface area contributed by atoms with Crippen molar-refractivity contribution in [2.24, 2.45) is 5.92 Å². The largest absolute Gasteiger partial charge is 0.344 e. The van der Waals surface area contributed by atoms with E-state index in [1.807, 2.05) is 10.9 Å². The minimum Gasteiger partial charge on any atom is -0.344 e. The van der Waals surface area contributed by atoms with Gasteiger partial charge in [0.15, 0.2) is 10.7 Å². The maximum atomic E-state index is 6.35.